The predicted molar refractivity (Wildman–Crippen MR) is 86.4 cm³/mol. The molecule has 1 N–H and O–H groups in total. The van der Waals surface area contributed by atoms with E-state index in [0.29, 0.717) is 11.8 Å². The summed E-state index contributed by atoms with van der Waals surface area (Å²) in [5.74, 6) is 1.94. The van der Waals surface area contributed by atoms with Gasteiger partial charge in [-0.25, -0.2) is 4.98 Å². The number of anilines is 2. The molecule has 0 aromatic carbocycles. The van der Waals surface area contributed by atoms with Crippen molar-refractivity contribution in [1.82, 2.24) is 24.9 Å². The average Bonchev–Trinajstić information content (AvgIpc) is 3.15. The Bertz CT molecular complexity index is 824. The van der Waals surface area contributed by atoms with E-state index < -0.39 is 0 Å². The van der Waals surface area contributed by atoms with Gasteiger partial charge in [-0.3, -0.25) is 4.68 Å². The van der Waals surface area contributed by atoms with E-state index in [1.54, 1.807) is 0 Å². The molecule has 23 heavy (non-hydrogen) atoms. The monoisotopic (exact) mass is 313 g/mol. The molecule has 0 saturated carbocycles. The first-order valence-electron chi connectivity index (χ1n) is 7.79. The minimum Gasteiger partial charge on any atom is -0.365 e. The zero-order valence-corrected chi connectivity index (χ0v) is 13.2. The van der Waals surface area contributed by atoms with Crippen LogP contribution in [-0.4, -0.2) is 44.0 Å². The molecule has 0 amide bonds. The van der Waals surface area contributed by atoms with Crippen LogP contribution in [0, 0.1) is 6.92 Å². The van der Waals surface area contributed by atoms with Crippen LogP contribution in [0.15, 0.2) is 23.1 Å². The van der Waals surface area contributed by atoms with Gasteiger partial charge in [-0.05, 0) is 19.8 Å². The zero-order valence-electron chi connectivity index (χ0n) is 13.2. The molecule has 0 radical (unpaired) electrons. The molecule has 1 atom stereocenters. The Morgan fingerprint density at radius 1 is 1.35 bits per heavy atom. The molecule has 1 aliphatic rings. The molecule has 0 spiro atoms. The molecular weight excluding hydrogens is 294 g/mol. The first kappa shape index (κ1) is 14.0. The van der Waals surface area contributed by atoms with Gasteiger partial charge in [0.1, 0.15) is 23.3 Å². The van der Waals surface area contributed by atoms with Gasteiger partial charge in [-0.2, -0.15) is 10.1 Å². The van der Waals surface area contributed by atoms with Crippen LogP contribution in [0.5, 0.6) is 0 Å². The van der Waals surface area contributed by atoms with Crippen LogP contribution in [0.1, 0.15) is 18.5 Å². The zero-order chi connectivity index (χ0) is 15.8. The van der Waals surface area contributed by atoms with Gasteiger partial charge in [-0.15, -0.1) is 0 Å². The quantitative estimate of drug-likeness (QED) is 0.788. The normalized spacial score (nSPS) is 18.5. The second-order valence-electron chi connectivity index (χ2n) is 5.91. The number of aryl methyl sites for hydroxylation is 2. The van der Waals surface area contributed by atoms with Crippen molar-refractivity contribution in [1.29, 1.82) is 0 Å². The van der Waals surface area contributed by atoms with E-state index in [1.807, 2.05) is 24.9 Å². The molecule has 1 aliphatic heterocycles. The summed E-state index contributed by atoms with van der Waals surface area (Å²) in [6.07, 6.45) is 5.57. The van der Waals surface area contributed by atoms with E-state index in [4.69, 9.17) is 4.52 Å². The third-order valence-electron chi connectivity index (χ3n) is 4.32. The standard InChI is InChI=1S/C15H19N7O/c1-10-13-14(16-9-17-15(13)23-20-10)19-11-4-3-7-22(8-11)12-5-6-18-21(12)2/h5-6,9,11H,3-4,7-8H2,1-2H3,(H,16,17,19). The fourth-order valence-corrected chi connectivity index (χ4v) is 3.21. The molecule has 0 bridgehead atoms. The Morgan fingerprint density at radius 2 is 2.26 bits per heavy atom. The van der Waals surface area contributed by atoms with Crippen molar-refractivity contribution in [2.45, 2.75) is 25.8 Å². The Morgan fingerprint density at radius 3 is 3.09 bits per heavy atom. The number of hydrogen-bond acceptors (Lipinski definition) is 7. The summed E-state index contributed by atoms with van der Waals surface area (Å²) in [7, 11) is 1.97. The van der Waals surface area contributed by atoms with Gasteiger partial charge in [0.15, 0.2) is 0 Å². The highest BCUT2D eigenvalue weighted by Crippen LogP contribution is 2.25. The summed E-state index contributed by atoms with van der Waals surface area (Å²) in [6, 6.07) is 2.36. The predicted octanol–water partition coefficient (Wildman–Crippen LogP) is 1.74. The number of fused-ring (bicyclic) bond motifs is 1. The van der Waals surface area contributed by atoms with Gasteiger partial charge in [0.05, 0.1) is 11.9 Å². The van der Waals surface area contributed by atoms with E-state index in [-0.39, 0.29) is 0 Å². The number of hydrogen-bond donors (Lipinski definition) is 1. The molecule has 1 unspecified atom stereocenters. The van der Waals surface area contributed by atoms with Crippen LogP contribution in [0.3, 0.4) is 0 Å². The minimum atomic E-state index is 0.311. The smallest absolute Gasteiger partial charge is 0.263 e. The number of rotatable bonds is 3. The molecule has 3 aromatic rings. The lowest BCUT2D eigenvalue weighted by molar-refractivity contribution is 0.442. The maximum Gasteiger partial charge on any atom is 0.263 e. The molecule has 4 rings (SSSR count). The average molecular weight is 313 g/mol. The van der Waals surface area contributed by atoms with Crippen molar-refractivity contribution in [3.63, 3.8) is 0 Å². The lowest BCUT2D eigenvalue weighted by atomic mass is 10.1. The molecule has 120 valence electrons. The van der Waals surface area contributed by atoms with Gasteiger partial charge in [0.2, 0.25) is 0 Å². The fourth-order valence-electron chi connectivity index (χ4n) is 3.21. The van der Waals surface area contributed by atoms with Crippen LogP contribution in [0.4, 0.5) is 11.6 Å². The Hall–Kier alpha value is -2.64. The van der Waals surface area contributed by atoms with Gasteiger partial charge in [0, 0.05) is 32.2 Å². The molecule has 1 fully saturated rings. The van der Waals surface area contributed by atoms with Crippen LogP contribution in [0.2, 0.25) is 0 Å². The first-order valence-corrected chi connectivity index (χ1v) is 7.79. The van der Waals surface area contributed by atoms with Crippen molar-refractivity contribution in [2.24, 2.45) is 7.05 Å². The lowest BCUT2D eigenvalue weighted by Gasteiger charge is -2.34. The molecule has 4 heterocycles. The first-order chi connectivity index (χ1) is 11.2. The second kappa shape index (κ2) is 5.53. The summed E-state index contributed by atoms with van der Waals surface area (Å²) in [5.41, 5.74) is 1.33. The number of nitrogens with one attached hydrogen (secondary N) is 1. The van der Waals surface area contributed by atoms with Crippen molar-refractivity contribution in [3.05, 3.63) is 24.3 Å². The highest BCUT2D eigenvalue weighted by atomic mass is 16.5. The topological polar surface area (TPSA) is 84.9 Å². The largest absolute Gasteiger partial charge is 0.365 e. The summed E-state index contributed by atoms with van der Waals surface area (Å²) in [6.45, 7) is 3.86. The maximum atomic E-state index is 5.21. The van der Waals surface area contributed by atoms with Gasteiger partial charge < -0.3 is 14.7 Å². The Kier molecular flexibility index (Phi) is 3.36. The highest BCUT2D eigenvalue weighted by Gasteiger charge is 2.23. The minimum absolute atomic E-state index is 0.311. The van der Waals surface area contributed by atoms with Crippen LogP contribution >= 0.6 is 0 Å². The summed E-state index contributed by atoms with van der Waals surface area (Å²) >= 11 is 0. The highest BCUT2D eigenvalue weighted by molar-refractivity contribution is 5.87. The molecule has 3 aromatic heterocycles. The van der Waals surface area contributed by atoms with E-state index in [9.17, 15) is 0 Å². The van der Waals surface area contributed by atoms with Gasteiger partial charge in [0.25, 0.3) is 5.71 Å². The van der Waals surface area contributed by atoms with Crippen LogP contribution < -0.4 is 10.2 Å². The summed E-state index contributed by atoms with van der Waals surface area (Å²) in [5, 5.41) is 12.6. The van der Waals surface area contributed by atoms with Crippen molar-refractivity contribution >= 4 is 22.7 Å². The molecule has 8 heteroatoms. The Balaban J connectivity index is 1.56. The van der Waals surface area contributed by atoms with E-state index in [0.717, 1.165) is 48.6 Å². The number of aromatic nitrogens is 5. The molecule has 1 saturated heterocycles. The van der Waals surface area contributed by atoms with E-state index in [1.165, 1.54) is 6.33 Å². The van der Waals surface area contributed by atoms with Crippen LogP contribution in [0.25, 0.3) is 11.1 Å². The van der Waals surface area contributed by atoms with Crippen molar-refractivity contribution < 1.29 is 4.52 Å². The van der Waals surface area contributed by atoms with Gasteiger partial charge in [-0.1, -0.05) is 5.16 Å². The molecular formula is C15H19N7O. The summed E-state index contributed by atoms with van der Waals surface area (Å²) in [4.78, 5) is 10.9. The van der Waals surface area contributed by atoms with E-state index >= 15 is 0 Å². The maximum absolute atomic E-state index is 5.21. The number of piperidine rings is 1. The Labute approximate surface area is 133 Å². The summed E-state index contributed by atoms with van der Waals surface area (Å²) < 4.78 is 7.12. The van der Waals surface area contributed by atoms with Crippen molar-refractivity contribution in [3.8, 4) is 0 Å². The van der Waals surface area contributed by atoms with Crippen molar-refractivity contribution in [2.75, 3.05) is 23.3 Å². The SMILES string of the molecule is Cc1noc2ncnc(NC3CCCN(c4ccnn4C)C3)c12. The second-order valence-corrected chi connectivity index (χ2v) is 5.91. The number of nitrogens with zero attached hydrogens (tertiary/aromatic N) is 6. The fraction of sp³-hybridized carbons (Fsp3) is 0.467. The van der Waals surface area contributed by atoms with Crippen LogP contribution in [-0.2, 0) is 7.05 Å². The third-order valence-corrected chi connectivity index (χ3v) is 4.32. The molecule has 8 nitrogen and oxygen atoms in total. The van der Waals surface area contributed by atoms with Gasteiger partial charge >= 0.3 is 0 Å². The lowest BCUT2D eigenvalue weighted by Crippen LogP contribution is -2.43. The molecule has 0 aliphatic carbocycles. The third kappa shape index (κ3) is 2.49. The van der Waals surface area contributed by atoms with E-state index in [2.05, 4.69) is 36.5 Å².